The highest BCUT2D eigenvalue weighted by atomic mass is 28.4. The minimum absolute atomic E-state index is 0.318. The number of carboxylic acids is 1. The van der Waals surface area contributed by atoms with Crippen LogP contribution >= 0.6 is 0 Å². The molecule has 0 amide bonds. The van der Waals surface area contributed by atoms with Crippen molar-refractivity contribution in [3.63, 3.8) is 0 Å². The van der Waals surface area contributed by atoms with Crippen molar-refractivity contribution >= 4 is 36.3 Å². The Morgan fingerprint density at radius 3 is 1.68 bits per heavy atom. The Balaban J connectivity index is 2.40. The van der Waals surface area contributed by atoms with Gasteiger partial charge in [-0.1, -0.05) is 48.5 Å². The van der Waals surface area contributed by atoms with Crippen molar-refractivity contribution in [3.8, 4) is 0 Å². The van der Waals surface area contributed by atoms with E-state index in [2.05, 4.69) is 6.07 Å². The Kier molecular flexibility index (Phi) is 6.46. The Bertz CT molecular complexity index is 900. The van der Waals surface area contributed by atoms with Gasteiger partial charge in [0.1, 0.15) is 0 Å². The number of hydrogen-bond acceptors (Lipinski definition) is 4. The van der Waals surface area contributed by atoms with Gasteiger partial charge >= 0.3 is 14.8 Å². The number of hydrogen-bond donors (Lipinski definition) is 1. The van der Waals surface area contributed by atoms with Gasteiger partial charge in [-0.05, 0) is 53.9 Å². The van der Waals surface area contributed by atoms with Crippen molar-refractivity contribution in [1.29, 1.82) is 0 Å². The lowest BCUT2D eigenvalue weighted by Crippen LogP contribution is -2.54. The smallest absolute Gasteiger partial charge is 0.481 e. The maximum Gasteiger partial charge on any atom is 0.520 e. The lowest BCUT2D eigenvalue weighted by atomic mass is 9.94. The summed E-state index contributed by atoms with van der Waals surface area (Å²) in [5.74, 6) is -0.997. The fraction of sp³-hybridized carbons (Fsp3) is 0.318. The molecule has 5 nitrogen and oxygen atoms in total. The molecule has 1 atom stereocenters. The fourth-order valence-electron chi connectivity index (χ4n) is 3.79. The minimum atomic E-state index is -3.56. The second-order valence-corrected chi connectivity index (χ2v) is 9.06. The highest BCUT2D eigenvalue weighted by Gasteiger charge is 2.55. The summed E-state index contributed by atoms with van der Waals surface area (Å²) >= 11 is 0. The van der Waals surface area contributed by atoms with Crippen molar-refractivity contribution in [1.82, 2.24) is 0 Å². The van der Waals surface area contributed by atoms with E-state index < -0.39 is 20.3 Å². The van der Waals surface area contributed by atoms with Crippen molar-refractivity contribution in [2.24, 2.45) is 0 Å². The van der Waals surface area contributed by atoms with Crippen LogP contribution in [0.5, 0.6) is 0 Å². The first-order valence-electron chi connectivity index (χ1n) is 9.63. The zero-order valence-electron chi connectivity index (χ0n) is 16.5. The van der Waals surface area contributed by atoms with Crippen molar-refractivity contribution in [2.75, 3.05) is 19.8 Å². The second kappa shape index (κ2) is 8.83. The molecular formula is C22H26O5Si. The lowest BCUT2D eigenvalue weighted by molar-refractivity contribution is -0.138. The molecule has 0 aromatic heterocycles. The number of aliphatic carboxylic acids is 1. The van der Waals surface area contributed by atoms with E-state index in [1.807, 2.05) is 69.3 Å². The Hall–Kier alpha value is -2.25. The molecule has 0 radical (unpaired) electrons. The van der Waals surface area contributed by atoms with Crippen LogP contribution in [0.2, 0.25) is 0 Å². The monoisotopic (exact) mass is 398 g/mol. The Morgan fingerprint density at radius 1 is 0.857 bits per heavy atom. The van der Waals surface area contributed by atoms with Gasteiger partial charge in [-0.25, -0.2) is 0 Å². The molecule has 0 fully saturated rings. The zero-order chi connectivity index (χ0) is 20.1. The summed E-state index contributed by atoms with van der Waals surface area (Å²) < 4.78 is 18.0. The predicted molar refractivity (Wildman–Crippen MR) is 112 cm³/mol. The largest absolute Gasteiger partial charge is 0.520 e. The lowest BCUT2D eigenvalue weighted by Gasteiger charge is -2.34. The number of rotatable bonds is 9. The van der Waals surface area contributed by atoms with Crippen LogP contribution in [0, 0.1) is 0 Å². The first kappa shape index (κ1) is 20.5. The number of carbonyl (C=O) groups is 1. The molecule has 0 aliphatic rings. The van der Waals surface area contributed by atoms with Crippen LogP contribution in [-0.2, 0) is 18.1 Å². The van der Waals surface area contributed by atoms with E-state index in [-0.39, 0.29) is 0 Å². The normalized spacial score (nSPS) is 13.1. The SMILES string of the molecule is CCO[Si](OCC)(OCC)C(C(=O)O)c1c2ccccc2cc2ccccc12. The molecule has 0 spiro atoms. The third-order valence-electron chi connectivity index (χ3n) is 4.74. The van der Waals surface area contributed by atoms with E-state index in [0.29, 0.717) is 25.4 Å². The van der Waals surface area contributed by atoms with E-state index in [1.54, 1.807) is 0 Å². The minimum Gasteiger partial charge on any atom is -0.481 e. The standard InChI is InChI=1S/C22H26O5Si/c1-4-25-28(26-5-2,27-6-3)21(22(23)24)20-18-13-9-7-11-16(18)15-17-12-8-10-14-19(17)20/h7-15,21H,4-6H2,1-3H3,(H,23,24). The quantitative estimate of drug-likeness (QED) is 0.416. The van der Waals surface area contributed by atoms with Crippen LogP contribution in [0.3, 0.4) is 0 Å². The van der Waals surface area contributed by atoms with Gasteiger partial charge in [-0.15, -0.1) is 0 Å². The summed E-state index contributed by atoms with van der Waals surface area (Å²) in [6, 6.07) is 17.7. The molecule has 148 valence electrons. The molecule has 0 saturated heterocycles. The Morgan fingerprint density at radius 2 is 1.29 bits per heavy atom. The van der Waals surface area contributed by atoms with Crippen LogP contribution in [0.4, 0.5) is 0 Å². The van der Waals surface area contributed by atoms with Gasteiger partial charge < -0.3 is 18.4 Å². The topological polar surface area (TPSA) is 65.0 Å². The molecular weight excluding hydrogens is 372 g/mol. The van der Waals surface area contributed by atoms with E-state index >= 15 is 0 Å². The second-order valence-electron chi connectivity index (χ2n) is 6.41. The highest BCUT2D eigenvalue weighted by Crippen LogP contribution is 2.39. The van der Waals surface area contributed by atoms with Gasteiger partial charge in [-0.2, -0.15) is 0 Å². The average molecular weight is 399 g/mol. The Labute approximate surface area is 166 Å². The third kappa shape index (κ3) is 3.68. The average Bonchev–Trinajstić information content (AvgIpc) is 2.68. The molecule has 0 bridgehead atoms. The van der Waals surface area contributed by atoms with Gasteiger partial charge in [0.2, 0.25) is 0 Å². The van der Waals surface area contributed by atoms with Crippen molar-refractivity contribution in [3.05, 3.63) is 60.2 Å². The third-order valence-corrected chi connectivity index (χ3v) is 8.05. The first-order valence-corrected chi connectivity index (χ1v) is 11.4. The maximum absolute atomic E-state index is 12.7. The number of benzene rings is 3. The zero-order valence-corrected chi connectivity index (χ0v) is 17.5. The summed E-state index contributed by atoms with van der Waals surface area (Å²) in [6.45, 7) is 6.45. The molecule has 3 aromatic carbocycles. The number of fused-ring (bicyclic) bond motifs is 2. The van der Waals surface area contributed by atoms with Crippen LogP contribution < -0.4 is 0 Å². The van der Waals surface area contributed by atoms with Gasteiger partial charge in [0.25, 0.3) is 0 Å². The van der Waals surface area contributed by atoms with Crippen molar-refractivity contribution < 1.29 is 23.2 Å². The van der Waals surface area contributed by atoms with Gasteiger partial charge in [0.15, 0.2) is 5.54 Å². The summed E-state index contributed by atoms with van der Waals surface area (Å²) in [7, 11) is -3.56. The summed E-state index contributed by atoms with van der Waals surface area (Å²) in [6.07, 6.45) is 0. The molecule has 0 heterocycles. The van der Waals surface area contributed by atoms with Gasteiger partial charge in [0.05, 0.1) is 0 Å². The molecule has 28 heavy (non-hydrogen) atoms. The molecule has 1 unspecified atom stereocenters. The van der Waals surface area contributed by atoms with Gasteiger partial charge in [0, 0.05) is 19.8 Å². The fourth-order valence-corrected chi connectivity index (χ4v) is 6.71. The number of carboxylic acid groups (broad SMARTS) is 1. The first-order chi connectivity index (χ1) is 13.6. The summed E-state index contributed by atoms with van der Waals surface area (Å²) in [4.78, 5) is 12.7. The molecule has 3 aromatic rings. The summed E-state index contributed by atoms with van der Waals surface area (Å²) in [5.41, 5.74) is -0.327. The van der Waals surface area contributed by atoms with Gasteiger partial charge in [-0.3, -0.25) is 4.79 Å². The molecule has 6 heteroatoms. The predicted octanol–water partition coefficient (Wildman–Crippen LogP) is 4.75. The van der Waals surface area contributed by atoms with Crippen LogP contribution in [-0.4, -0.2) is 39.7 Å². The molecule has 3 rings (SSSR count). The molecule has 0 saturated carbocycles. The van der Waals surface area contributed by atoms with E-state index in [0.717, 1.165) is 21.5 Å². The van der Waals surface area contributed by atoms with Crippen LogP contribution in [0.25, 0.3) is 21.5 Å². The van der Waals surface area contributed by atoms with Crippen LogP contribution in [0.15, 0.2) is 54.6 Å². The summed E-state index contributed by atoms with van der Waals surface area (Å²) in [5, 5.41) is 14.1. The molecule has 0 aliphatic heterocycles. The van der Waals surface area contributed by atoms with E-state index in [9.17, 15) is 9.90 Å². The maximum atomic E-state index is 12.7. The van der Waals surface area contributed by atoms with Crippen LogP contribution in [0.1, 0.15) is 31.9 Å². The molecule has 1 N–H and O–H groups in total. The van der Waals surface area contributed by atoms with Crippen molar-refractivity contribution in [2.45, 2.75) is 26.3 Å². The van der Waals surface area contributed by atoms with E-state index in [1.165, 1.54) is 0 Å². The molecule has 0 aliphatic carbocycles. The highest BCUT2D eigenvalue weighted by molar-refractivity contribution is 6.66. The van der Waals surface area contributed by atoms with E-state index in [4.69, 9.17) is 13.3 Å².